The van der Waals surface area contributed by atoms with E-state index in [-0.39, 0.29) is 5.97 Å². The Bertz CT molecular complexity index is 981. The van der Waals surface area contributed by atoms with E-state index in [1.807, 2.05) is 19.2 Å². The maximum absolute atomic E-state index is 11.9. The van der Waals surface area contributed by atoms with Gasteiger partial charge < -0.3 is 4.74 Å². The van der Waals surface area contributed by atoms with Gasteiger partial charge in [-0.3, -0.25) is 14.8 Å². The summed E-state index contributed by atoms with van der Waals surface area (Å²) in [6.07, 6.45) is 6.74. The van der Waals surface area contributed by atoms with Crippen LogP contribution in [0.2, 0.25) is 0 Å². The standard InChI is InChI=1S/C25H31N3O2/c1-2-11-30-25(29)15-19-5-3-6-21(12-19)17-28-10-4-7-22(18-28)13-20-8-9-24-23(14-20)16-26-27-24/h3,5-6,8-9,12,14,16,22H,2,4,7,10-11,13,15,17-18H2,1H3,(H,26,27). The number of carbonyl (C=O) groups is 1. The first kappa shape index (κ1) is 20.6. The highest BCUT2D eigenvalue weighted by Crippen LogP contribution is 2.24. The van der Waals surface area contributed by atoms with Crippen molar-refractivity contribution < 1.29 is 9.53 Å². The molecule has 1 N–H and O–H groups in total. The van der Waals surface area contributed by atoms with Crippen LogP contribution in [0.25, 0.3) is 10.9 Å². The monoisotopic (exact) mass is 405 g/mol. The fourth-order valence-electron chi connectivity index (χ4n) is 4.44. The lowest BCUT2D eigenvalue weighted by Gasteiger charge is -2.33. The lowest BCUT2D eigenvalue weighted by Crippen LogP contribution is -2.35. The molecular weight excluding hydrogens is 374 g/mol. The maximum Gasteiger partial charge on any atom is 0.310 e. The number of hydrogen-bond acceptors (Lipinski definition) is 4. The molecule has 1 unspecified atom stereocenters. The Morgan fingerprint density at radius 1 is 1.20 bits per heavy atom. The van der Waals surface area contributed by atoms with Gasteiger partial charge in [-0.25, -0.2) is 0 Å². The third kappa shape index (κ3) is 5.48. The number of H-pyrrole nitrogens is 1. The molecular formula is C25H31N3O2. The Balaban J connectivity index is 1.33. The summed E-state index contributed by atoms with van der Waals surface area (Å²) in [5.74, 6) is 0.539. The Labute approximate surface area is 178 Å². The van der Waals surface area contributed by atoms with E-state index in [1.54, 1.807) is 0 Å². The highest BCUT2D eigenvalue weighted by atomic mass is 16.5. The zero-order valence-electron chi connectivity index (χ0n) is 17.8. The van der Waals surface area contributed by atoms with Crippen LogP contribution in [0.4, 0.5) is 0 Å². The SMILES string of the molecule is CCCOC(=O)Cc1cccc(CN2CCCC(Cc3ccc4[nH]ncc4c3)C2)c1. The smallest absolute Gasteiger partial charge is 0.310 e. The van der Waals surface area contributed by atoms with Crippen LogP contribution >= 0.6 is 0 Å². The molecule has 4 rings (SSSR count). The van der Waals surface area contributed by atoms with Crippen molar-refractivity contribution in [2.75, 3.05) is 19.7 Å². The van der Waals surface area contributed by atoms with Crippen LogP contribution < -0.4 is 0 Å². The third-order valence-electron chi connectivity index (χ3n) is 5.85. The molecule has 0 spiro atoms. The molecule has 158 valence electrons. The summed E-state index contributed by atoms with van der Waals surface area (Å²) < 4.78 is 5.22. The van der Waals surface area contributed by atoms with Gasteiger partial charge in [0.2, 0.25) is 0 Å². The highest BCUT2D eigenvalue weighted by Gasteiger charge is 2.20. The van der Waals surface area contributed by atoms with E-state index >= 15 is 0 Å². The molecule has 2 heterocycles. The minimum Gasteiger partial charge on any atom is -0.465 e. The lowest BCUT2D eigenvalue weighted by molar-refractivity contribution is -0.142. The van der Waals surface area contributed by atoms with Crippen LogP contribution in [0, 0.1) is 5.92 Å². The predicted octanol–water partition coefficient (Wildman–Crippen LogP) is 4.51. The molecule has 3 aromatic rings. The molecule has 0 radical (unpaired) electrons. The summed E-state index contributed by atoms with van der Waals surface area (Å²) in [4.78, 5) is 14.5. The number of esters is 1. The number of piperidine rings is 1. The number of nitrogens with zero attached hydrogens (tertiary/aromatic N) is 2. The first-order chi connectivity index (χ1) is 14.7. The largest absolute Gasteiger partial charge is 0.465 e. The fourth-order valence-corrected chi connectivity index (χ4v) is 4.44. The van der Waals surface area contributed by atoms with Gasteiger partial charge in [-0.2, -0.15) is 5.10 Å². The zero-order valence-corrected chi connectivity index (χ0v) is 17.8. The number of hydrogen-bond donors (Lipinski definition) is 1. The number of ether oxygens (including phenoxy) is 1. The van der Waals surface area contributed by atoms with Crippen molar-refractivity contribution in [3.05, 3.63) is 65.4 Å². The average molecular weight is 406 g/mol. The molecule has 0 saturated carbocycles. The van der Waals surface area contributed by atoms with Crippen molar-refractivity contribution in [3.63, 3.8) is 0 Å². The topological polar surface area (TPSA) is 58.2 Å². The molecule has 1 aliphatic rings. The quantitative estimate of drug-likeness (QED) is 0.560. The molecule has 1 aliphatic heterocycles. The number of benzene rings is 2. The Morgan fingerprint density at radius 3 is 3.00 bits per heavy atom. The van der Waals surface area contributed by atoms with Crippen LogP contribution in [0.5, 0.6) is 0 Å². The van der Waals surface area contributed by atoms with Crippen LogP contribution in [0.1, 0.15) is 42.9 Å². The first-order valence-corrected chi connectivity index (χ1v) is 11.1. The van der Waals surface area contributed by atoms with Gasteiger partial charge in [0.25, 0.3) is 0 Å². The molecule has 0 aliphatic carbocycles. The van der Waals surface area contributed by atoms with Gasteiger partial charge in [-0.1, -0.05) is 37.3 Å². The second-order valence-corrected chi connectivity index (χ2v) is 8.46. The molecule has 1 fully saturated rings. The van der Waals surface area contributed by atoms with E-state index in [1.165, 1.54) is 29.4 Å². The molecule has 1 saturated heterocycles. The molecule has 5 nitrogen and oxygen atoms in total. The normalized spacial score (nSPS) is 17.3. The van der Waals surface area contributed by atoms with E-state index in [0.29, 0.717) is 18.9 Å². The van der Waals surface area contributed by atoms with Gasteiger partial charge in [0.15, 0.2) is 0 Å². The Hall–Kier alpha value is -2.66. The van der Waals surface area contributed by atoms with Gasteiger partial charge in [-0.05, 0) is 67.0 Å². The number of rotatable bonds is 8. The predicted molar refractivity (Wildman–Crippen MR) is 119 cm³/mol. The first-order valence-electron chi connectivity index (χ1n) is 11.1. The van der Waals surface area contributed by atoms with Crippen molar-refractivity contribution in [1.82, 2.24) is 15.1 Å². The van der Waals surface area contributed by atoms with Crippen molar-refractivity contribution in [1.29, 1.82) is 0 Å². The fraction of sp³-hybridized carbons (Fsp3) is 0.440. The number of likely N-dealkylation sites (tertiary alicyclic amines) is 1. The van der Waals surface area contributed by atoms with Crippen LogP contribution in [-0.4, -0.2) is 40.8 Å². The Morgan fingerprint density at radius 2 is 2.10 bits per heavy atom. The average Bonchev–Trinajstić information content (AvgIpc) is 3.21. The number of aromatic amines is 1. The zero-order chi connectivity index (χ0) is 20.8. The van der Waals surface area contributed by atoms with Gasteiger partial charge in [0.05, 0.1) is 24.7 Å². The number of nitrogens with one attached hydrogen (secondary N) is 1. The van der Waals surface area contributed by atoms with Crippen molar-refractivity contribution in [2.45, 2.75) is 45.6 Å². The van der Waals surface area contributed by atoms with E-state index in [0.717, 1.165) is 43.6 Å². The summed E-state index contributed by atoms with van der Waals surface area (Å²) in [7, 11) is 0. The van der Waals surface area contributed by atoms with E-state index in [4.69, 9.17) is 4.74 Å². The molecule has 1 aromatic heterocycles. The van der Waals surface area contributed by atoms with Gasteiger partial charge >= 0.3 is 5.97 Å². The third-order valence-corrected chi connectivity index (χ3v) is 5.85. The molecule has 5 heteroatoms. The second-order valence-electron chi connectivity index (χ2n) is 8.46. The van der Waals surface area contributed by atoms with Gasteiger partial charge in [0.1, 0.15) is 0 Å². The number of carbonyl (C=O) groups excluding carboxylic acids is 1. The van der Waals surface area contributed by atoms with Crippen LogP contribution in [0.3, 0.4) is 0 Å². The highest BCUT2D eigenvalue weighted by molar-refractivity contribution is 5.78. The van der Waals surface area contributed by atoms with E-state index < -0.39 is 0 Å². The molecule has 0 bridgehead atoms. The van der Waals surface area contributed by atoms with E-state index in [2.05, 4.69) is 51.5 Å². The summed E-state index contributed by atoms with van der Waals surface area (Å²) >= 11 is 0. The van der Waals surface area contributed by atoms with Crippen molar-refractivity contribution >= 4 is 16.9 Å². The van der Waals surface area contributed by atoms with Crippen LogP contribution in [0.15, 0.2) is 48.7 Å². The van der Waals surface area contributed by atoms with E-state index in [9.17, 15) is 4.79 Å². The minimum atomic E-state index is -0.137. The summed E-state index contributed by atoms with van der Waals surface area (Å²) in [6.45, 7) is 5.71. The minimum absolute atomic E-state index is 0.137. The summed E-state index contributed by atoms with van der Waals surface area (Å²) in [5, 5.41) is 8.34. The van der Waals surface area contributed by atoms with Crippen molar-refractivity contribution in [3.8, 4) is 0 Å². The maximum atomic E-state index is 11.9. The lowest BCUT2D eigenvalue weighted by atomic mass is 9.90. The Kier molecular flexibility index (Phi) is 6.80. The molecule has 2 aromatic carbocycles. The molecule has 1 atom stereocenters. The summed E-state index contributed by atoms with van der Waals surface area (Å²) in [6, 6.07) is 15.0. The second kappa shape index (κ2) is 9.90. The van der Waals surface area contributed by atoms with Crippen LogP contribution in [-0.2, 0) is 28.9 Å². The number of aromatic nitrogens is 2. The van der Waals surface area contributed by atoms with Gasteiger partial charge in [-0.15, -0.1) is 0 Å². The van der Waals surface area contributed by atoms with Gasteiger partial charge in [0, 0.05) is 18.5 Å². The van der Waals surface area contributed by atoms with Crippen molar-refractivity contribution in [2.24, 2.45) is 5.92 Å². The molecule has 0 amide bonds. The number of fused-ring (bicyclic) bond motifs is 1. The molecule has 30 heavy (non-hydrogen) atoms. The summed E-state index contributed by atoms with van der Waals surface area (Å²) in [5.41, 5.74) is 4.80.